The van der Waals surface area contributed by atoms with Gasteiger partial charge in [-0.05, 0) is 68.3 Å². The maximum absolute atomic E-state index is 5.71. The third-order valence-corrected chi connectivity index (χ3v) is 3.56. The van der Waals surface area contributed by atoms with Gasteiger partial charge in [-0.25, -0.2) is 0 Å². The van der Waals surface area contributed by atoms with Crippen molar-refractivity contribution in [1.82, 2.24) is 0 Å². The third kappa shape index (κ3) is 4.84. The van der Waals surface area contributed by atoms with Crippen molar-refractivity contribution in [3.8, 4) is 5.75 Å². The molecule has 0 saturated heterocycles. The zero-order valence-corrected chi connectivity index (χ0v) is 11.7. The molecule has 1 aliphatic rings. The highest BCUT2D eigenvalue weighted by Crippen LogP contribution is 2.25. The zero-order chi connectivity index (χ0) is 13.3. The van der Waals surface area contributed by atoms with Crippen LogP contribution in [0.15, 0.2) is 18.2 Å². The SMILES string of the molecule is NCCCCCOCCOc1ccc2c(c1)CCC2. The van der Waals surface area contributed by atoms with Crippen molar-refractivity contribution in [1.29, 1.82) is 0 Å². The summed E-state index contributed by atoms with van der Waals surface area (Å²) >= 11 is 0. The van der Waals surface area contributed by atoms with E-state index in [4.69, 9.17) is 15.2 Å². The molecule has 0 radical (unpaired) electrons. The van der Waals surface area contributed by atoms with Gasteiger partial charge in [0.05, 0.1) is 6.61 Å². The van der Waals surface area contributed by atoms with Crippen LogP contribution < -0.4 is 10.5 Å². The first-order valence-electron chi connectivity index (χ1n) is 7.42. The van der Waals surface area contributed by atoms with Gasteiger partial charge in [-0.15, -0.1) is 0 Å². The number of rotatable bonds is 9. The number of benzene rings is 1. The van der Waals surface area contributed by atoms with Crippen LogP contribution in [0.25, 0.3) is 0 Å². The molecule has 3 nitrogen and oxygen atoms in total. The van der Waals surface area contributed by atoms with Crippen LogP contribution in [-0.2, 0) is 17.6 Å². The maximum atomic E-state index is 5.71. The molecule has 19 heavy (non-hydrogen) atoms. The topological polar surface area (TPSA) is 44.5 Å². The molecule has 0 atom stereocenters. The first-order chi connectivity index (χ1) is 9.40. The Bertz CT molecular complexity index is 379. The molecule has 2 rings (SSSR count). The minimum absolute atomic E-state index is 0.635. The van der Waals surface area contributed by atoms with E-state index in [9.17, 15) is 0 Å². The summed E-state index contributed by atoms with van der Waals surface area (Å²) in [5.41, 5.74) is 8.38. The number of hydrogen-bond acceptors (Lipinski definition) is 3. The molecule has 1 aliphatic carbocycles. The Kier molecular flexibility index (Phi) is 6.18. The number of hydrogen-bond donors (Lipinski definition) is 1. The van der Waals surface area contributed by atoms with Gasteiger partial charge in [0.25, 0.3) is 0 Å². The summed E-state index contributed by atoms with van der Waals surface area (Å²) < 4.78 is 11.2. The number of unbranched alkanes of at least 4 members (excludes halogenated alkanes) is 2. The van der Waals surface area contributed by atoms with Gasteiger partial charge in [0, 0.05) is 6.61 Å². The molecule has 0 amide bonds. The number of aryl methyl sites for hydroxylation is 2. The molecule has 1 aromatic rings. The molecular weight excluding hydrogens is 238 g/mol. The number of fused-ring (bicyclic) bond motifs is 1. The van der Waals surface area contributed by atoms with Crippen molar-refractivity contribution < 1.29 is 9.47 Å². The average Bonchev–Trinajstić information content (AvgIpc) is 2.89. The van der Waals surface area contributed by atoms with Gasteiger partial charge in [0.2, 0.25) is 0 Å². The second-order valence-corrected chi connectivity index (χ2v) is 5.09. The summed E-state index contributed by atoms with van der Waals surface area (Å²) in [6.45, 7) is 2.89. The first-order valence-corrected chi connectivity index (χ1v) is 7.42. The van der Waals surface area contributed by atoms with Crippen molar-refractivity contribution >= 4 is 0 Å². The quantitative estimate of drug-likeness (QED) is 0.697. The van der Waals surface area contributed by atoms with Crippen molar-refractivity contribution in [3.63, 3.8) is 0 Å². The molecule has 0 spiro atoms. The first kappa shape index (κ1) is 14.4. The number of ether oxygens (including phenoxy) is 2. The molecule has 0 aliphatic heterocycles. The second-order valence-electron chi connectivity index (χ2n) is 5.09. The fraction of sp³-hybridized carbons (Fsp3) is 0.625. The summed E-state index contributed by atoms with van der Waals surface area (Å²) in [5.74, 6) is 0.979. The third-order valence-electron chi connectivity index (χ3n) is 3.56. The van der Waals surface area contributed by atoms with Gasteiger partial charge < -0.3 is 15.2 Å². The summed E-state index contributed by atoms with van der Waals surface area (Å²) in [7, 11) is 0. The molecule has 2 N–H and O–H groups in total. The smallest absolute Gasteiger partial charge is 0.119 e. The maximum Gasteiger partial charge on any atom is 0.119 e. The fourth-order valence-corrected chi connectivity index (χ4v) is 2.48. The van der Waals surface area contributed by atoms with Crippen LogP contribution in [0.1, 0.15) is 36.8 Å². The van der Waals surface area contributed by atoms with E-state index >= 15 is 0 Å². The van der Waals surface area contributed by atoms with E-state index in [0.717, 1.165) is 38.2 Å². The zero-order valence-electron chi connectivity index (χ0n) is 11.7. The van der Waals surface area contributed by atoms with Gasteiger partial charge >= 0.3 is 0 Å². The van der Waals surface area contributed by atoms with Crippen LogP contribution in [0.4, 0.5) is 0 Å². The van der Waals surface area contributed by atoms with Gasteiger partial charge in [0.1, 0.15) is 12.4 Å². The van der Waals surface area contributed by atoms with E-state index in [0.29, 0.717) is 13.2 Å². The summed E-state index contributed by atoms with van der Waals surface area (Å²) in [4.78, 5) is 0. The van der Waals surface area contributed by atoms with Gasteiger partial charge in [-0.2, -0.15) is 0 Å². The molecule has 0 saturated carbocycles. The van der Waals surface area contributed by atoms with E-state index in [1.54, 1.807) is 0 Å². The second kappa shape index (κ2) is 8.18. The highest BCUT2D eigenvalue weighted by Gasteiger charge is 2.10. The Morgan fingerprint density at radius 1 is 0.947 bits per heavy atom. The molecule has 0 heterocycles. The Hall–Kier alpha value is -1.06. The van der Waals surface area contributed by atoms with Gasteiger partial charge in [-0.3, -0.25) is 0 Å². The molecule has 3 heteroatoms. The highest BCUT2D eigenvalue weighted by atomic mass is 16.5. The van der Waals surface area contributed by atoms with E-state index in [-0.39, 0.29) is 0 Å². The van der Waals surface area contributed by atoms with Crippen LogP contribution in [-0.4, -0.2) is 26.4 Å². The van der Waals surface area contributed by atoms with Crippen LogP contribution in [0, 0.1) is 0 Å². The lowest BCUT2D eigenvalue weighted by Crippen LogP contribution is -2.08. The Morgan fingerprint density at radius 3 is 2.74 bits per heavy atom. The van der Waals surface area contributed by atoms with E-state index in [1.165, 1.54) is 30.4 Å². The van der Waals surface area contributed by atoms with Crippen molar-refractivity contribution in [3.05, 3.63) is 29.3 Å². The van der Waals surface area contributed by atoms with Crippen LogP contribution in [0.5, 0.6) is 5.75 Å². The van der Waals surface area contributed by atoms with Crippen molar-refractivity contribution in [2.45, 2.75) is 38.5 Å². The monoisotopic (exact) mass is 263 g/mol. The van der Waals surface area contributed by atoms with Crippen LogP contribution in [0.2, 0.25) is 0 Å². The summed E-state index contributed by atoms with van der Waals surface area (Å²) in [6, 6.07) is 6.46. The van der Waals surface area contributed by atoms with E-state index < -0.39 is 0 Å². The summed E-state index contributed by atoms with van der Waals surface area (Å²) in [6.07, 6.45) is 7.05. The molecular formula is C16H25NO2. The minimum atomic E-state index is 0.635. The van der Waals surface area contributed by atoms with E-state index in [1.807, 2.05) is 0 Å². The highest BCUT2D eigenvalue weighted by molar-refractivity contribution is 5.38. The van der Waals surface area contributed by atoms with Crippen molar-refractivity contribution in [2.75, 3.05) is 26.4 Å². The van der Waals surface area contributed by atoms with Crippen LogP contribution >= 0.6 is 0 Å². The number of nitrogens with two attached hydrogens (primary N) is 1. The minimum Gasteiger partial charge on any atom is -0.491 e. The summed E-state index contributed by atoms with van der Waals surface area (Å²) in [5, 5.41) is 0. The normalized spacial score (nSPS) is 13.5. The molecule has 0 fully saturated rings. The molecule has 1 aromatic carbocycles. The lowest BCUT2D eigenvalue weighted by Gasteiger charge is -2.08. The van der Waals surface area contributed by atoms with Crippen molar-refractivity contribution in [2.24, 2.45) is 5.73 Å². The standard InChI is InChI=1S/C16H25NO2/c17-9-2-1-3-10-18-11-12-19-16-8-7-14-5-4-6-15(14)13-16/h7-8,13H,1-6,9-12,17H2. The van der Waals surface area contributed by atoms with Crippen LogP contribution in [0.3, 0.4) is 0 Å². The molecule has 0 aromatic heterocycles. The molecule has 0 bridgehead atoms. The molecule has 0 unspecified atom stereocenters. The lowest BCUT2D eigenvalue weighted by molar-refractivity contribution is 0.0972. The van der Waals surface area contributed by atoms with E-state index in [2.05, 4.69) is 18.2 Å². The lowest BCUT2D eigenvalue weighted by atomic mass is 10.1. The Labute approximate surface area is 116 Å². The van der Waals surface area contributed by atoms with Gasteiger partial charge in [-0.1, -0.05) is 6.07 Å². The predicted molar refractivity (Wildman–Crippen MR) is 77.7 cm³/mol. The van der Waals surface area contributed by atoms with Gasteiger partial charge in [0.15, 0.2) is 0 Å². The Balaban J connectivity index is 1.56. The average molecular weight is 263 g/mol. The predicted octanol–water partition coefficient (Wildman–Crippen LogP) is 2.70. The molecule has 106 valence electrons. The Morgan fingerprint density at radius 2 is 1.84 bits per heavy atom. The largest absolute Gasteiger partial charge is 0.491 e. The fourth-order valence-electron chi connectivity index (χ4n) is 2.48.